The van der Waals surface area contributed by atoms with Crippen molar-refractivity contribution in [3.63, 3.8) is 0 Å². The molecular formula is C15H20N2O3. The first-order valence-electron chi connectivity index (χ1n) is 6.84. The Morgan fingerprint density at radius 3 is 2.60 bits per heavy atom. The molecule has 1 fully saturated rings. The smallest absolute Gasteiger partial charge is 0.338 e. The molecule has 1 atom stereocenters. The minimum atomic E-state index is -0.668. The maximum absolute atomic E-state index is 12.0. The van der Waals surface area contributed by atoms with Crippen LogP contribution in [0.15, 0.2) is 24.3 Å². The van der Waals surface area contributed by atoms with Gasteiger partial charge >= 0.3 is 5.97 Å². The second kappa shape index (κ2) is 6.41. The molecule has 1 amide bonds. The maximum atomic E-state index is 12.0. The highest BCUT2D eigenvalue weighted by Gasteiger charge is 2.24. The van der Waals surface area contributed by atoms with Crippen molar-refractivity contribution >= 4 is 17.6 Å². The number of hydrogen-bond acceptors (Lipinski definition) is 4. The molecule has 0 bridgehead atoms. The largest absolute Gasteiger partial charge is 0.449 e. The van der Waals surface area contributed by atoms with Crippen molar-refractivity contribution in [1.29, 1.82) is 0 Å². The highest BCUT2D eigenvalue weighted by atomic mass is 16.5. The summed E-state index contributed by atoms with van der Waals surface area (Å²) in [4.78, 5) is 25.7. The summed E-state index contributed by atoms with van der Waals surface area (Å²) >= 11 is 0. The SMILES string of the molecule is CN(C)c1ccc(C(=O)O[C@H]2CCCCNC2=O)cc1. The van der Waals surface area contributed by atoms with Gasteiger partial charge < -0.3 is 15.0 Å². The molecule has 2 rings (SSSR count). The van der Waals surface area contributed by atoms with Gasteiger partial charge in [0.2, 0.25) is 0 Å². The van der Waals surface area contributed by atoms with Crippen LogP contribution < -0.4 is 10.2 Å². The Hall–Kier alpha value is -2.04. The highest BCUT2D eigenvalue weighted by molar-refractivity contribution is 5.92. The van der Waals surface area contributed by atoms with Crippen LogP contribution in [0.3, 0.4) is 0 Å². The highest BCUT2D eigenvalue weighted by Crippen LogP contribution is 2.15. The second-order valence-corrected chi connectivity index (χ2v) is 5.12. The summed E-state index contributed by atoms with van der Waals surface area (Å²) in [5.74, 6) is -0.641. The Bertz CT molecular complexity index is 482. The average molecular weight is 276 g/mol. The molecule has 1 aliphatic rings. The molecule has 108 valence electrons. The van der Waals surface area contributed by atoms with Gasteiger partial charge in [-0.05, 0) is 43.5 Å². The van der Waals surface area contributed by atoms with Crippen LogP contribution in [-0.4, -0.2) is 38.6 Å². The van der Waals surface area contributed by atoms with Gasteiger partial charge in [-0.2, -0.15) is 0 Å². The van der Waals surface area contributed by atoms with E-state index in [4.69, 9.17) is 4.74 Å². The van der Waals surface area contributed by atoms with Crippen LogP contribution in [0.5, 0.6) is 0 Å². The zero-order valence-electron chi connectivity index (χ0n) is 11.9. The predicted octanol–water partition coefficient (Wildman–Crippen LogP) is 1.58. The zero-order valence-corrected chi connectivity index (χ0v) is 11.9. The molecule has 1 heterocycles. The standard InChI is InChI=1S/C15H20N2O3/c1-17(2)12-8-6-11(7-9-12)15(19)20-13-5-3-4-10-16-14(13)18/h6-9,13H,3-5,10H2,1-2H3,(H,16,18)/t13-/m0/s1. The Balaban J connectivity index is 2.01. The average Bonchev–Trinajstić information content (AvgIpc) is 2.64. The van der Waals surface area contributed by atoms with Crippen LogP contribution in [0.1, 0.15) is 29.6 Å². The minimum absolute atomic E-state index is 0.194. The molecule has 0 aliphatic carbocycles. The molecular weight excluding hydrogens is 256 g/mol. The fourth-order valence-electron chi connectivity index (χ4n) is 2.12. The van der Waals surface area contributed by atoms with Crippen molar-refractivity contribution in [2.45, 2.75) is 25.4 Å². The van der Waals surface area contributed by atoms with E-state index in [0.717, 1.165) is 18.5 Å². The summed E-state index contributed by atoms with van der Waals surface area (Å²) in [7, 11) is 3.87. The summed E-state index contributed by atoms with van der Waals surface area (Å²) in [5.41, 5.74) is 1.47. The number of amides is 1. The minimum Gasteiger partial charge on any atom is -0.449 e. The third kappa shape index (κ3) is 3.50. The van der Waals surface area contributed by atoms with Gasteiger partial charge in [0.25, 0.3) is 5.91 Å². The number of ether oxygens (including phenoxy) is 1. The summed E-state index contributed by atoms with van der Waals surface area (Å²) < 4.78 is 5.31. The summed E-state index contributed by atoms with van der Waals surface area (Å²) in [5, 5.41) is 2.75. The van der Waals surface area contributed by atoms with Crippen molar-refractivity contribution in [2.75, 3.05) is 25.5 Å². The lowest BCUT2D eigenvalue weighted by Crippen LogP contribution is -2.36. The number of benzene rings is 1. The van der Waals surface area contributed by atoms with Gasteiger partial charge in [0.15, 0.2) is 6.10 Å². The second-order valence-electron chi connectivity index (χ2n) is 5.12. The number of nitrogens with zero attached hydrogens (tertiary/aromatic N) is 1. The molecule has 1 aliphatic heterocycles. The topological polar surface area (TPSA) is 58.6 Å². The molecule has 0 unspecified atom stereocenters. The molecule has 5 heteroatoms. The summed E-state index contributed by atoms with van der Waals surface area (Å²) in [6.07, 6.45) is 1.74. The Kier molecular flexibility index (Phi) is 4.61. The van der Waals surface area contributed by atoms with E-state index >= 15 is 0 Å². The van der Waals surface area contributed by atoms with E-state index in [1.54, 1.807) is 12.1 Å². The predicted molar refractivity (Wildman–Crippen MR) is 76.8 cm³/mol. The van der Waals surface area contributed by atoms with Gasteiger partial charge in [0.1, 0.15) is 0 Å². The van der Waals surface area contributed by atoms with Gasteiger partial charge in [-0.3, -0.25) is 4.79 Å². The van der Waals surface area contributed by atoms with Crippen molar-refractivity contribution in [2.24, 2.45) is 0 Å². The first-order chi connectivity index (χ1) is 9.58. The molecule has 0 aromatic heterocycles. The molecule has 20 heavy (non-hydrogen) atoms. The van der Waals surface area contributed by atoms with Gasteiger partial charge in [-0.15, -0.1) is 0 Å². The zero-order chi connectivity index (χ0) is 14.5. The van der Waals surface area contributed by atoms with Crippen molar-refractivity contribution in [1.82, 2.24) is 5.32 Å². The Morgan fingerprint density at radius 1 is 1.25 bits per heavy atom. The third-order valence-corrected chi connectivity index (χ3v) is 3.35. The summed E-state index contributed by atoms with van der Waals surface area (Å²) in [6, 6.07) is 7.13. The van der Waals surface area contributed by atoms with E-state index in [0.29, 0.717) is 18.5 Å². The first-order valence-corrected chi connectivity index (χ1v) is 6.84. The molecule has 0 spiro atoms. The van der Waals surface area contributed by atoms with Crippen molar-refractivity contribution in [3.8, 4) is 0 Å². The Labute approximate surface area is 118 Å². The van der Waals surface area contributed by atoms with Gasteiger partial charge in [-0.1, -0.05) is 0 Å². The molecule has 1 N–H and O–H groups in total. The van der Waals surface area contributed by atoms with E-state index in [1.807, 2.05) is 31.1 Å². The van der Waals surface area contributed by atoms with Crippen LogP contribution in [-0.2, 0) is 9.53 Å². The van der Waals surface area contributed by atoms with Gasteiger partial charge in [-0.25, -0.2) is 4.79 Å². The number of nitrogens with one attached hydrogen (secondary N) is 1. The maximum Gasteiger partial charge on any atom is 0.338 e. The lowest BCUT2D eigenvalue weighted by molar-refractivity contribution is -0.129. The molecule has 1 aromatic rings. The molecule has 0 radical (unpaired) electrons. The number of esters is 1. The number of rotatable bonds is 3. The van der Waals surface area contributed by atoms with E-state index in [-0.39, 0.29) is 5.91 Å². The van der Waals surface area contributed by atoms with Crippen LogP contribution in [0.2, 0.25) is 0 Å². The molecule has 5 nitrogen and oxygen atoms in total. The van der Waals surface area contributed by atoms with E-state index in [9.17, 15) is 9.59 Å². The van der Waals surface area contributed by atoms with Crippen molar-refractivity contribution in [3.05, 3.63) is 29.8 Å². The fraction of sp³-hybridized carbons (Fsp3) is 0.467. The fourth-order valence-corrected chi connectivity index (χ4v) is 2.12. The molecule has 0 saturated carbocycles. The first kappa shape index (κ1) is 14.4. The monoisotopic (exact) mass is 276 g/mol. The quantitative estimate of drug-likeness (QED) is 0.852. The Morgan fingerprint density at radius 2 is 1.95 bits per heavy atom. The van der Waals surface area contributed by atoms with E-state index < -0.39 is 12.1 Å². The molecule has 1 aromatic carbocycles. The molecule has 1 saturated heterocycles. The third-order valence-electron chi connectivity index (χ3n) is 3.35. The summed E-state index contributed by atoms with van der Waals surface area (Å²) in [6.45, 7) is 0.657. The van der Waals surface area contributed by atoms with E-state index in [2.05, 4.69) is 5.32 Å². The van der Waals surface area contributed by atoms with E-state index in [1.165, 1.54) is 0 Å². The number of carbonyl (C=O) groups is 2. The van der Waals surface area contributed by atoms with Crippen molar-refractivity contribution < 1.29 is 14.3 Å². The lowest BCUT2D eigenvalue weighted by Gasteiger charge is -2.15. The van der Waals surface area contributed by atoms with Gasteiger partial charge in [0.05, 0.1) is 5.56 Å². The van der Waals surface area contributed by atoms with Crippen LogP contribution >= 0.6 is 0 Å². The van der Waals surface area contributed by atoms with Crippen LogP contribution in [0.25, 0.3) is 0 Å². The number of hydrogen-bond donors (Lipinski definition) is 1. The lowest BCUT2D eigenvalue weighted by atomic mass is 10.1. The number of carbonyl (C=O) groups excluding carboxylic acids is 2. The van der Waals surface area contributed by atoms with Crippen LogP contribution in [0, 0.1) is 0 Å². The number of anilines is 1. The van der Waals surface area contributed by atoms with Crippen LogP contribution in [0.4, 0.5) is 5.69 Å². The normalized spacial score (nSPS) is 18.9. The van der Waals surface area contributed by atoms with Gasteiger partial charge in [0, 0.05) is 26.3 Å².